The van der Waals surface area contributed by atoms with E-state index < -0.39 is 0 Å². The van der Waals surface area contributed by atoms with Crippen molar-refractivity contribution in [3.63, 3.8) is 0 Å². The Labute approximate surface area is 100 Å². The van der Waals surface area contributed by atoms with Crippen LogP contribution in [-0.2, 0) is 6.42 Å². The molecule has 0 fully saturated rings. The predicted molar refractivity (Wildman–Crippen MR) is 64.5 cm³/mol. The Morgan fingerprint density at radius 3 is 2.65 bits per heavy atom. The molecule has 17 heavy (non-hydrogen) atoms. The Hall–Kier alpha value is -2.34. The van der Waals surface area contributed by atoms with Crippen LogP contribution in [0.1, 0.15) is 11.1 Å². The van der Waals surface area contributed by atoms with Crippen LogP contribution >= 0.6 is 0 Å². The molecule has 1 aromatic carbocycles. The fourth-order valence-corrected chi connectivity index (χ4v) is 1.38. The van der Waals surface area contributed by atoms with Crippen LogP contribution < -0.4 is 4.74 Å². The molecule has 2 aromatic rings. The van der Waals surface area contributed by atoms with E-state index in [1.807, 2.05) is 30.3 Å². The van der Waals surface area contributed by atoms with E-state index in [9.17, 15) is 0 Å². The lowest BCUT2D eigenvalue weighted by Gasteiger charge is -2.05. The summed E-state index contributed by atoms with van der Waals surface area (Å²) in [6.45, 7) is 3.80. The molecule has 83 valence electrons. The van der Waals surface area contributed by atoms with Crippen LogP contribution in [0.2, 0.25) is 0 Å². The maximum atomic E-state index is 8.76. The minimum Gasteiger partial charge on any atom is -0.439 e. The average molecular weight is 223 g/mol. The largest absolute Gasteiger partial charge is 0.439 e. The first-order valence-corrected chi connectivity index (χ1v) is 5.24. The predicted octanol–water partition coefficient (Wildman–Crippen LogP) is 3.12. The summed E-state index contributed by atoms with van der Waals surface area (Å²) in [7, 11) is 0. The molecule has 3 nitrogen and oxygen atoms in total. The van der Waals surface area contributed by atoms with Crippen molar-refractivity contribution in [1.82, 2.24) is 4.98 Å². The molecule has 0 amide bonds. The van der Waals surface area contributed by atoms with Crippen molar-refractivity contribution in [3.05, 3.63) is 60.6 Å². The zero-order valence-corrected chi connectivity index (χ0v) is 9.26. The Morgan fingerprint density at radius 1 is 1.24 bits per heavy atom. The van der Waals surface area contributed by atoms with Gasteiger partial charge in [-0.1, -0.05) is 12.1 Å². The summed E-state index contributed by atoms with van der Waals surface area (Å²) >= 11 is 0. The molecule has 0 saturated carbocycles. The van der Waals surface area contributed by atoms with Crippen LogP contribution in [0.5, 0.6) is 11.6 Å². The second-order valence-corrected chi connectivity index (χ2v) is 3.49. The molecular weight excluding hydrogens is 212 g/mol. The van der Waals surface area contributed by atoms with E-state index in [-0.39, 0.29) is 0 Å². The molecule has 0 aliphatic carbocycles. The lowest BCUT2D eigenvalue weighted by molar-refractivity contribution is 0.462. The van der Waals surface area contributed by atoms with Gasteiger partial charge in [0, 0.05) is 12.3 Å². The quantitative estimate of drug-likeness (QED) is 0.803. The summed E-state index contributed by atoms with van der Waals surface area (Å²) in [5.74, 6) is 1.12. The van der Waals surface area contributed by atoms with Gasteiger partial charge >= 0.3 is 0 Å². The highest BCUT2D eigenvalue weighted by atomic mass is 16.5. The van der Waals surface area contributed by atoms with E-state index in [0.29, 0.717) is 17.2 Å². The number of hydrogen-bond acceptors (Lipinski definition) is 3. The maximum absolute atomic E-state index is 8.76. The minimum absolute atomic E-state index is 0.423. The molecule has 0 bridgehead atoms. The van der Waals surface area contributed by atoms with Gasteiger partial charge in [-0.05, 0) is 37.1 Å². The maximum Gasteiger partial charge on any atom is 0.220 e. The van der Waals surface area contributed by atoms with Crippen LogP contribution in [0.25, 0.3) is 0 Å². The Kier molecular flexibility index (Phi) is 3.37. The molecular formula is C14H11N2O. The summed E-state index contributed by atoms with van der Waals surface area (Å²) in [5.41, 5.74) is 1.68. The lowest BCUT2D eigenvalue weighted by Crippen LogP contribution is -1.89. The molecule has 0 N–H and O–H groups in total. The zero-order chi connectivity index (χ0) is 12.1. The molecule has 1 aromatic heterocycles. The first-order valence-electron chi connectivity index (χ1n) is 5.24. The highest BCUT2D eigenvalue weighted by Gasteiger charge is 2.00. The number of nitriles is 1. The van der Waals surface area contributed by atoms with Crippen molar-refractivity contribution in [2.24, 2.45) is 0 Å². The van der Waals surface area contributed by atoms with Crippen LogP contribution in [0.4, 0.5) is 0 Å². The number of nitrogens with zero attached hydrogens (tertiary/aromatic N) is 2. The SMILES string of the molecule is [CH2]Cc1ccc(Oc2cc(C#N)ccn2)cc1. The summed E-state index contributed by atoms with van der Waals surface area (Å²) in [6, 6.07) is 12.9. The van der Waals surface area contributed by atoms with Gasteiger partial charge in [-0.25, -0.2) is 4.98 Å². The van der Waals surface area contributed by atoms with Crippen molar-refractivity contribution in [1.29, 1.82) is 5.26 Å². The van der Waals surface area contributed by atoms with Crippen LogP contribution in [0.3, 0.4) is 0 Å². The van der Waals surface area contributed by atoms with Gasteiger partial charge in [0.05, 0.1) is 11.6 Å². The normalized spacial score (nSPS) is 9.65. The number of aromatic nitrogens is 1. The highest BCUT2D eigenvalue weighted by Crippen LogP contribution is 2.20. The molecule has 1 radical (unpaired) electrons. The van der Waals surface area contributed by atoms with Gasteiger partial charge in [-0.15, -0.1) is 0 Å². The smallest absolute Gasteiger partial charge is 0.220 e. The summed E-state index contributed by atoms with van der Waals surface area (Å²) in [6.07, 6.45) is 2.31. The number of ether oxygens (including phenoxy) is 1. The van der Waals surface area contributed by atoms with Gasteiger partial charge in [-0.2, -0.15) is 5.26 Å². The Balaban J connectivity index is 2.16. The molecule has 0 unspecified atom stereocenters. The summed E-state index contributed by atoms with van der Waals surface area (Å²) in [5, 5.41) is 8.76. The van der Waals surface area contributed by atoms with E-state index in [4.69, 9.17) is 10.00 Å². The van der Waals surface area contributed by atoms with Crippen LogP contribution in [0, 0.1) is 18.3 Å². The first-order chi connectivity index (χ1) is 8.31. The third kappa shape index (κ3) is 2.82. The van der Waals surface area contributed by atoms with Crippen molar-refractivity contribution in [2.45, 2.75) is 6.42 Å². The molecule has 0 atom stereocenters. The Morgan fingerprint density at radius 2 is 2.00 bits per heavy atom. The van der Waals surface area contributed by atoms with Crippen molar-refractivity contribution in [2.75, 3.05) is 0 Å². The molecule has 1 heterocycles. The Bertz CT molecular complexity index is 541. The fourth-order valence-electron chi connectivity index (χ4n) is 1.38. The van der Waals surface area contributed by atoms with Gasteiger partial charge in [0.15, 0.2) is 0 Å². The molecule has 0 saturated heterocycles. The second-order valence-electron chi connectivity index (χ2n) is 3.49. The molecule has 0 aliphatic rings. The lowest BCUT2D eigenvalue weighted by atomic mass is 10.2. The topological polar surface area (TPSA) is 45.9 Å². The standard InChI is InChI=1S/C14H11N2O/c1-2-11-3-5-13(6-4-11)17-14-9-12(10-15)7-8-16-14/h3-9H,1-2H2. The molecule has 0 aliphatic heterocycles. The number of pyridine rings is 1. The van der Waals surface area contributed by atoms with Gasteiger partial charge in [-0.3, -0.25) is 0 Å². The monoisotopic (exact) mass is 223 g/mol. The van der Waals surface area contributed by atoms with Gasteiger partial charge < -0.3 is 4.74 Å². The molecule has 0 spiro atoms. The fraction of sp³-hybridized carbons (Fsp3) is 0.0714. The third-order valence-corrected chi connectivity index (χ3v) is 2.30. The van der Waals surface area contributed by atoms with Gasteiger partial charge in [0.2, 0.25) is 5.88 Å². The van der Waals surface area contributed by atoms with E-state index >= 15 is 0 Å². The van der Waals surface area contributed by atoms with Crippen LogP contribution in [0.15, 0.2) is 42.6 Å². The highest BCUT2D eigenvalue weighted by molar-refractivity contribution is 5.35. The van der Waals surface area contributed by atoms with E-state index in [0.717, 1.165) is 12.0 Å². The van der Waals surface area contributed by atoms with E-state index in [2.05, 4.69) is 11.9 Å². The van der Waals surface area contributed by atoms with Crippen molar-refractivity contribution in [3.8, 4) is 17.7 Å². The number of rotatable bonds is 3. The number of benzene rings is 1. The number of hydrogen-bond donors (Lipinski definition) is 0. The van der Waals surface area contributed by atoms with Crippen molar-refractivity contribution >= 4 is 0 Å². The summed E-state index contributed by atoms with van der Waals surface area (Å²) < 4.78 is 5.54. The molecule has 2 rings (SSSR count). The van der Waals surface area contributed by atoms with Crippen LogP contribution in [-0.4, -0.2) is 4.98 Å². The zero-order valence-electron chi connectivity index (χ0n) is 9.26. The first kappa shape index (κ1) is 11.2. The average Bonchev–Trinajstić information content (AvgIpc) is 2.40. The van der Waals surface area contributed by atoms with E-state index in [1.165, 1.54) is 0 Å². The summed E-state index contributed by atoms with van der Waals surface area (Å²) in [4.78, 5) is 4.04. The second kappa shape index (κ2) is 5.13. The third-order valence-electron chi connectivity index (χ3n) is 2.30. The van der Waals surface area contributed by atoms with E-state index in [1.54, 1.807) is 18.3 Å². The minimum atomic E-state index is 0.423. The van der Waals surface area contributed by atoms with Gasteiger partial charge in [0.1, 0.15) is 5.75 Å². The molecule has 3 heteroatoms. The van der Waals surface area contributed by atoms with Gasteiger partial charge in [0.25, 0.3) is 0 Å². The van der Waals surface area contributed by atoms with Crippen molar-refractivity contribution < 1.29 is 4.74 Å².